The van der Waals surface area contributed by atoms with Crippen LogP contribution in [0.25, 0.3) is 0 Å². The molecule has 1 aromatic carbocycles. The van der Waals surface area contributed by atoms with Crippen LogP contribution in [-0.2, 0) is 10.0 Å². The van der Waals surface area contributed by atoms with E-state index in [0.717, 1.165) is 31.9 Å². The van der Waals surface area contributed by atoms with E-state index in [0.29, 0.717) is 37.1 Å². The molecule has 1 aliphatic heterocycles. The normalized spacial score (nSPS) is 17.0. The highest BCUT2D eigenvalue weighted by molar-refractivity contribution is 14.0. The van der Waals surface area contributed by atoms with Crippen molar-refractivity contribution >= 4 is 40.0 Å². The summed E-state index contributed by atoms with van der Waals surface area (Å²) < 4.78 is 36.1. The van der Waals surface area contributed by atoms with Crippen LogP contribution < -0.4 is 20.1 Å². The van der Waals surface area contributed by atoms with Gasteiger partial charge in [-0.25, -0.2) is 17.7 Å². The number of halogens is 1. The van der Waals surface area contributed by atoms with Gasteiger partial charge in [0.15, 0.2) is 17.5 Å². The molecule has 2 rings (SSSR count). The molecule has 0 aliphatic carbocycles. The minimum Gasteiger partial charge on any atom is -0.493 e. The first-order valence-corrected chi connectivity index (χ1v) is 11.9. The zero-order valence-corrected chi connectivity index (χ0v) is 21.4. The number of guanidine groups is 1. The molecule has 0 aromatic heterocycles. The van der Waals surface area contributed by atoms with Gasteiger partial charge in [-0.15, -0.1) is 24.0 Å². The Morgan fingerprint density at radius 1 is 1.23 bits per heavy atom. The van der Waals surface area contributed by atoms with Crippen molar-refractivity contribution in [2.45, 2.75) is 32.8 Å². The molecule has 8 nitrogen and oxygen atoms in total. The molecule has 1 aromatic rings. The molecule has 172 valence electrons. The van der Waals surface area contributed by atoms with Gasteiger partial charge in [0.25, 0.3) is 0 Å². The Hall–Kier alpha value is -1.27. The van der Waals surface area contributed by atoms with Gasteiger partial charge in [0, 0.05) is 26.2 Å². The lowest BCUT2D eigenvalue weighted by atomic mass is 9.98. The van der Waals surface area contributed by atoms with Crippen LogP contribution in [0.3, 0.4) is 0 Å². The topological polar surface area (TPSA) is 92.3 Å². The molecule has 10 heteroatoms. The van der Waals surface area contributed by atoms with Gasteiger partial charge in [-0.1, -0.05) is 12.1 Å². The summed E-state index contributed by atoms with van der Waals surface area (Å²) in [4.78, 5) is 4.63. The molecular weight excluding hydrogens is 519 g/mol. The number of nitrogens with one attached hydrogen (secondary N) is 2. The van der Waals surface area contributed by atoms with Crippen LogP contribution in [0.5, 0.6) is 11.5 Å². The molecule has 1 fully saturated rings. The minimum atomic E-state index is -3.08. The SMILES string of the molecule is CCNC(=NCC(C)Oc1ccccc1OC)NCC1CCN(S(C)(=O)=O)CC1.I. The molecule has 0 radical (unpaired) electrons. The van der Waals surface area contributed by atoms with E-state index in [-0.39, 0.29) is 30.1 Å². The predicted molar refractivity (Wildman–Crippen MR) is 132 cm³/mol. The van der Waals surface area contributed by atoms with Gasteiger partial charge in [0.1, 0.15) is 6.10 Å². The Bertz CT molecular complexity index is 768. The molecule has 2 N–H and O–H groups in total. The molecule has 0 saturated carbocycles. The number of methoxy groups -OCH3 is 1. The second-order valence-electron chi connectivity index (χ2n) is 7.29. The number of hydrogen-bond donors (Lipinski definition) is 2. The van der Waals surface area contributed by atoms with Gasteiger partial charge in [-0.05, 0) is 44.7 Å². The number of piperidine rings is 1. The smallest absolute Gasteiger partial charge is 0.211 e. The monoisotopic (exact) mass is 554 g/mol. The van der Waals surface area contributed by atoms with Gasteiger partial charge < -0.3 is 20.1 Å². The van der Waals surface area contributed by atoms with Gasteiger partial charge in [-0.3, -0.25) is 0 Å². The molecule has 0 spiro atoms. The maximum atomic E-state index is 11.6. The highest BCUT2D eigenvalue weighted by Gasteiger charge is 2.24. The number of sulfonamides is 1. The van der Waals surface area contributed by atoms with Crippen LogP contribution in [0.15, 0.2) is 29.3 Å². The molecule has 1 aliphatic rings. The fourth-order valence-corrected chi connectivity index (χ4v) is 4.09. The molecule has 1 heterocycles. The Labute approximate surface area is 197 Å². The van der Waals surface area contributed by atoms with Gasteiger partial charge >= 0.3 is 0 Å². The quantitative estimate of drug-likeness (QED) is 0.277. The minimum absolute atomic E-state index is 0. The second-order valence-corrected chi connectivity index (χ2v) is 9.27. The van der Waals surface area contributed by atoms with Crippen LogP contribution in [0, 0.1) is 5.92 Å². The first-order chi connectivity index (χ1) is 13.8. The summed E-state index contributed by atoms with van der Waals surface area (Å²) in [6.07, 6.45) is 2.87. The van der Waals surface area contributed by atoms with Crippen LogP contribution in [-0.4, -0.2) is 70.9 Å². The van der Waals surface area contributed by atoms with E-state index in [1.165, 1.54) is 6.26 Å². The molecule has 1 atom stereocenters. The lowest BCUT2D eigenvalue weighted by Gasteiger charge is -2.30. The molecule has 30 heavy (non-hydrogen) atoms. The molecular formula is C20H35IN4O4S. The number of ether oxygens (including phenoxy) is 2. The van der Waals surface area contributed by atoms with Crippen LogP contribution in [0.1, 0.15) is 26.7 Å². The van der Waals surface area contributed by atoms with E-state index in [1.54, 1.807) is 11.4 Å². The van der Waals surface area contributed by atoms with Crippen molar-refractivity contribution in [1.29, 1.82) is 0 Å². The van der Waals surface area contributed by atoms with E-state index < -0.39 is 10.0 Å². The maximum Gasteiger partial charge on any atom is 0.211 e. The molecule has 1 saturated heterocycles. The van der Waals surface area contributed by atoms with E-state index in [1.807, 2.05) is 38.1 Å². The Balaban J connectivity index is 0.00000450. The Morgan fingerprint density at radius 2 is 1.87 bits per heavy atom. The summed E-state index contributed by atoms with van der Waals surface area (Å²) in [5.74, 6) is 2.58. The fraction of sp³-hybridized carbons (Fsp3) is 0.650. The number of benzene rings is 1. The summed E-state index contributed by atoms with van der Waals surface area (Å²) >= 11 is 0. The fourth-order valence-electron chi connectivity index (χ4n) is 3.22. The average molecular weight is 554 g/mol. The van der Waals surface area contributed by atoms with Crippen molar-refractivity contribution in [3.8, 4) is 11.5 Å². The molecule has 1 unspecified atom stereocenters. The summed E-state index contributed by atoms with van der Waals surface area (Å²) in [6.45, 7) is 7.20. The standard InChI is InChI=1S/C20H34N4O4S.HI/c1-5-21-20(23-15-17-10-12-24(13-11-17)29(4,25)26)22-14-16(2)28-19-9-7-6-8-18(19)27-3;/h6-9,16-17H,5,10-15H2,1-4H3,(H2,21,22,23);1H. The molecule has 0 amide bonds. The van der Waals surface area contributed by atoms with Crippen LogP contribution in [0.2, 0.25) is 0 Å². The third-order valence-corrected chi connectivity index (χ3v) is 6.15. The van der Waals surface area contributed by atoms with E-state index in [9.17, 15) is 8.42 Å². The average Bonchev–Trinajstić information content (AvgIpc) is 2.70. The number of para-hydroxylation sites is 2. The van der Waals surface area contributed by atoms with Crippen molar-refractivity contribution in [1.82, 2.24) is 14.9 Å². The van der Waals surface area contributed by atoms with E-state index in [2.05, 4.69) is 15.6 Å². The van der Waals surface area contributed by atoms with E-state index >= 15 is 0 Å². The van der Waals surface area contributed by atoms with Gasteiger partial charge in [-0.2, -0.15) is 0 Å². The maximum absolute atomic E-state index is 11.6. The number of aliphatic imine (C=N–C) groups is 1. The molecule has 0 bridgehead atoms. The Morgan fingerprint density at radius 3 is 2.43 bits per heavy atom. The first kappa shape index (κ1) is 26.8. The van der Waals surface area contributed by atoms with Crippen molar-refractivity contribution in [2.24, 2.45) is 10.9 Å². The van der Waals surface area contributed by atoms with Crippen molar-refractivity contribution in [3.05, 3.63) is 24.3 Å². The number of rotatable bonds is 9. The zero-order valence-electron chi connectivity index (χ0n) is 18.3. The highest BCUT2D eigenvalue weighted by atomic mass is 127. The van der Waals surface area contributed by atoms with Gasteiger partial charge in [0.2, 0.25) is 10.0 Å². The van der Waals surface area contributed by atoms with Crippen LogP contribution in [0.4, 0.5) is 0 Å². The number of hydrogen-bond acceptors (Lipinski definition) is 5. The predicted octanol–water partition coefficient (Wildman–Crippen LogP) is 2.31. The number of nitrogens with zero attached hydrogens (tertiary/aromatic N) is 2. The summed E-state index contributed by atoms with van der Waals surface area (Å²) in [5.41, 5.74) is 0. The second kappa shape index (κ2) is 13.2. The third kappa shape index (κ3) is 8.84. The highest BCUT2D eigenvalue weighted by Crippen LogP contribution is 2.26. The summed E-state index contributed by atoms with van der Waals surface area (Å²) in [5, 5.41) is 6.63. The lowest BCUT2D eigenvalue weighted by molar-refractivity contribution is 0.219. The lowest BCUT2D eigenvalue weighted by Crippen LogP contribution is -2.44. The third-order valence-electron chi connectivity index (χ3n) is 4.85. The van der Waals surface area contributed by atoms with Gasteiger partial charge in [0.05, 0.1) is 19.9 Å². The summed E-state index contributed by atoms with van der Waals surface area (Å²) in [7, 11) is -1.46. The Kier molecular flexibility index (Phi) is 11.8. The summed E-state index contributed by atoms with van der Waals surface area (Å²) in [6, 6.07) is 7.56. The van der Waals surface area contributed by atoms with Crippen molar-refractivity contribution in [2.75, 3.05) is 46.1 Å². The van der Waals surface area contributed by atoms with E-state index in [4.69, 9.17) is 9.47 Å². The van der Waals surface area contributed by atoms with Crippen molar-refractivity contribution in [3.63, 3.8) is 0 Å². The first-order valence-electron chi connectivity index (χ1n) is 10.1. The van der Waals surface area contributed by atoms with Crippen molar-refractivity contribution < 1.29 is 17.9 Å². The zero-order chi connectivity index (χ0) is 21.3. The largest absolute Gasteiger partial charge is 0.493 e. The van der Waals surface area contributed by atoms with Crippen LogP contribution >= 0.6 is 24.0 Å².